The molecule has 1 aromatic heterocycles. The van der Waals surface area contributed by atoms with E-state index in [1.54, 1.807) is 41.9 Å². The highest BCUT2D eigenvalue weighted by Crippen LogP contribution is 2.44. The van der Waals surface area contributed by atoms with Crippen molar-refractivity contribution in [2.24, 2.45) is 0 Å². The minimum Gasteiger partial charge on any atom is -0.466 e. The number of para-hydroxylation sites is 1. The summed E-state index contributed by atoms with van der Waals surface area (Å²) in [4.78, 5) is 41.0. The molecule has 0 radical (unpaired) electrons. The summed E-state index contributed by atoms with van der Waals surface area (Å²) in [6.07, 6.45) is -1.77. The Labute approximate surface area is 255 Å². The maximum Gasteiger partial charge on any atom is 0.416 e. The third kappa shape index (κ3) is 6.35. The zero-order valence-corrected chi connectivity index (χ0v) is 24.2. The number of nitrogens with one attached hydrogen (secondary N) is 1. The minimum absolute atomic E-state index is 0.120. The van der Waals surface area contributed by atoms with Crippen molar-refractivity contribution in [3.63, 3.8) is 0 Å². The first kappa shape index (κ1) is 31.2. The second kappa shape index (κ2) is 12.8. The van der Waals surface area contributed by atoms with Crippen LogP contribution in [0.3, 0.4) is 0 Å². The number of fused-ring (bicyclic) bond motifs is 1. The molecule has 0 bridgehead atoms. The maximum absolute atomic E-state index is 14.2. The SMILES string of the molecule is CCN1C(=O)[C@@H](NC(=O)c2cccc(C(F)(F)F)c2)[C@@H](c2ccc(F)cc2)c2c(C/C=C/C(=O)OC)nn(-c3ccccc3)c21. The second-order valence-electron chi connectivity index (χ2n) is 10.2. The van der Waals surface area contributed by atoms with Crippen LogP contribution in [0.1, 0.15) is 45.6 Å². The number of amides is 2. The molecule has 0 saturated carbocycles. The molecular weight excluding hydrogens is 592 g/mol. The molecule has 2 heterocycles. The van der Waals surface area contributed by atoms with Crippen molar-refractivity contribution < 1.29 is 36.7 Å². The number of allylic oxidation sites excluding steroid dienone is 1. The van der Waals surface area contributed by atoms with Gasteiger partial charge in [0, 0.05) is 36.1 Å². The lowest BCUT2D eigenvalue weighted by Crippen LogP contribution is -2.55. The van der Waals surface area contributed by atoms with E-state index in [1.165, 1.54) is 48.4 Å². The number of nitrogens with zero attached hydrogens (tertiary/aromatic N) is 3. The fourth-order valence-corrected chi connectivity index (χ4v) is 5.40. The number of anilines is 1. The van der Waals surface area contributed by atoms with Gasteiger partial charge in [0.15, 0.2) is 0 Å². The number of ether oxygens (including phenoxy) is 1. The molecule has 1 aliphatic heterocycles. The van der Waals surface area contributed by atoms with Crippen LogP contribution in [0.4, 0.5) is 23.4 Å². The molecular formula is C33H28F4N4O4. The average molecular weight is 621 g/mol. The number of alkyl halides is 3. The molecule has 0 unspecified atom stereocenters. The van der Waals surface area contributed by atoms with E-state index < -0.39 is 47.3 Å². The Bertz CT molecular complexity index is 1750. The van der Waals surface area contributed by atoms with Crippen molar-refractivity contribution in [3.8, 4) is 5.69 Å². The van der Waals surface area contributed by atoms with Gasteiger partial charge in [-0.25, -0.2) is 13.9 Å². The van der Waals surface area contributed by atoms with Gasteiger partial charge >= 0.3 is 12.1 Å². The van der Waals surface area contributed by atoms with Crippen molar-refractivity contribution in [2.75, 3.05) is 18.6 Å². The summed E-state index contributed by atoms with van der Waals surface area (Å²) in [6.45, 7) is 1.90. The third-order valence-electron chi connectivity index (χ3n) is 7.46. The number of benzene rings is 3. The van der Waals surface area contributed by atoms with Crippen LogP contribution < -0.4 is 10.2 Å². The van der Waals surface area contributed by atoms with Gasteiger partial charge < -0.3 is 10.1 Å². The summed E-state index contributed by atoms with van der Waals surface area (Å²) in [7, 11) is 1.24. The fourth-order valence-electron chi connectivity index (χ4n) is 5.40. The Hall–Kier alpha value is -5.26. The summed E-state index contributed by atoms with van der Waals surface area (Å²) in [5.74, 6) is -3.05. The molecule has 12 heteroatoms. The third-order valence-corrected chi connectivity index (χ3v) is 7.46. The van der Waals surface area contributed by atoms with Gasteiger partial charge in [0.2, 0.25) is 0 Å². The molecule has 0 aliphatic carbocycles. The molecule has 4 aromatic rings. The van der Waals surface area contributed by atoms with E-state index in [-0.39, 0.29) is 18.5 Å². The largest absolute Gasteiger partial charge is 0.466 e. The number of rotatable bonds is 8. The second-order valence-corrected chi connectivity index (χ2v) is 10.2. The monoisotopic (exact) mass is 620 g/mol. The Kier molecular flexibility index (Phi) is 8.84. The number of esters is 1. The quantitative estimate of drug-likeness (QED) is 0.157. The van der Waals surface area contributed by atoms with Crippen LogP contribution in [0.25, 0.3) is 5.69 Å². The van der Waals surface area contributed by atoms with E-state index in [4.69, 9.17) is 9.84 Å². The molecule has 0 saturated heterocycles. The summed E-state index contributed by atoms with van der Waals surface area (Å²) in [6, 6.07) is 17.0. The summed E-state index contributed by atoms with van der Waals surface area (Å²) in [5, 5.41) is 7.50. The van der Waals surface area contributed by atoms with Crippen molar-refractivity contribution in [2.45, 2.75) is 31.5 Å². The van der Waals surface area contributed by atoms with Gasteiger partial charge in [-0.15, -0.1) is 0 Å². The van der Waals surface area contributed by atoms with Crippen LogP contribution in [-0.2, 0) is 26.9 Å². The van der Waals surface area contributed by atoms with Gasteiger partial charge in [0.05, 0.1) is 24.1 Å². The molecule has 2 atom stereocenters. The van der Waals surface area contributed by atoms with Crippen LogP contribution in [0, 0.1) is 5.82 Å². The lowest BCUT2D eigenvalue weighted by molar-refractivity contribution is -0.137. The van der Waals surface area contributed by atoms with Crippen LogP contribution in [-0.4, -0.2) is 47.3 Å². The number of aromatic nitrogens is 2. The first-order valence-electron chi connectivity index (χ1n) is 14.0. The molecule has 0 fully saturated rings. The predicted octanol–water partition coefficient (Wildman–Crippen LogP) is 5.60. The van der Waals surface area contributed by atoms with Gasteiger partial charge in [0.1, 0.15) is 17.7 Å². The Morgan fingerprint density at radius 3 is 2.38 bits per heavy atom. The maximum atomic E-state index is 14.2. The van der Waals surface area contributed by atoms with E-state index in [0.29, 0.717) is 28.3 Å². The summed E-state index contributed by atoms with van der Waals surface area (Å²) in [5.41, 5.74) is 0.768. The molecule has 3 aromatic carbocycles. The highest BCUT2D eigenvalue weighted by molar-refractivity contribution is 6.05. The number of carbonyl (C=O) groups excluding carboxylic acids is 3. The standard InChI is InChI=1S/C33H28F4N4O4/c1-3-40-31-28(25(13-8-14-26(42)45-2)39-41(31)24-11-5-4-6-12-24)27(20-15-17-23(34)18-16-20)29(32(40)44)38-30(43)21-9-7-10-22(19-21)33(35,36)37/h4-12,14-19,27,29H,3,13H2,1-2H3,(H,38,43)/b14-8+/t27-,29-/m0/s1. The van der Waals surface area contributed by atoms with Gasteiger partial charge in [-0.2, -0.15) is 18.3 Å². The zero-order valence-electron chi connectivity index (χ0n) is 24.2. The van der Waals surface area contributed by atoms with Gasteiger partial charge in [-0.1, -0.05) is 42.5 Å². The Balaban J connectivity index is 1.70. The van der Waals surface area contributed by atoms with E-state index in [9.17, 15) is 31.9 Å². The highest BCUT2D eigenvalue weighted by atomic mass is 19.4. The normalized spacial score (nSPS) is 16.5. The first-order valence-corrected chi connectivity index (χ1v) is 14.0. The number of hydrogen-bond donors (Lipinski definition) is 1. The minimum atomic E-state index is -4.68. The van der Waals surface area contributed by atoms with E-state index in [2.05, 4.69) is 5.32 Å². The van der Waals surface area contributed by atoms with Crippen LogP contribution in [0.5, 0.6) is 0 Å². The van der Waals surface area contributed by atoms with Gasteiger partial charge in [-0.05, 0) is 55.0 Å². The van der Waals surface area contributed by atoms with E-state index in [0.717, 1.165) is 18.2 Å². The molecule has 8 nitrogen and oxygen atoms in total. The van der Waals surface area contributed by atoms with Gasteiger partial charge in [-0.3, -0.25) is 14.5 Å². The molecule has 0 spiro atoms. The van der Waals surface area contributed by atoms with E-state index >= 15 is 0 Å². The number of carbonyl (C=O) groups is 3. The van der Waals surface area contributed by atoms with Crippen molar-refractivity contribution in [1.82, 2.24) is 15.1 Å². The van der Waals surface area contributed by atoms with Crippen molar-refractivity contribution in [1.29, 1.82) is 0 Å². The summed E-state index contributed by atoms with van der Waals surface area (Å²) < 4.78 is 60.7. The van der Waals surface area contributed by atoms with Crippen LogP contribution in [0.15, 0.2) is 91.0 Å². The molecule has 5 rings (SSSR count). The van der Waals surface area contributed by atoms with Crippen molar-refractivity contribution in [3.05, 3.63) is 125 Å². The van der Waals surface area contributed by atoms with Crippen LogP contribution >= 0.6 is 0 Å². The molecule has 1 aliphatic rings. The highest BCUT2D eigenvalue weighted by Gasteiger charge is 2.46. The Morgan fingerprint density at radius 1 is 1.02 bits per heavy atom. The predicted molar refractivity (Wildman–Crippen MR) is 157 cm³/mol. The number of methoxy groups -OCH3 is 1. The number of hydrogen-bond acceptors (Lipinski definition) is 5. The molecule has 2 amide bonds. The lowest BCUT2D eigenvalue weighted by atomic mass is 9.80. The topological polar surface area (TPSA) is 93.5 Å². The van der Waals surface area contributed by atoms with Gasteiger partial charge in [0.25, 0.3) is 11.8 Å². The number of likely N-dealkylation sites (N-methyl/N-ethyl adjacent to an activating group) is 1. The number of halogens is 4. The smallest absolute Gasteiger partial charge is 0.416 e. The molecule has 232 valence electrons. The first-order chi connectivity index (χ1) is 21.5. The van der Waals surface area contributed by atoms with E-state index in [1.807, 2.05) is 6.07 Å². The lowest BCUT2D eigenvalue weighted by Gasteiger charge is -2.38. The van der Waals surface area contributed by atoms with Crippen molar-refractivity contribution >= 4 is 23.6 Å². The Morgan fingerprint density at radius 2 is 1.73 bits per heavy atom. The zero-order chi connectivity index (χ0) is 32.3. The molecule has 45 heavy (non-hydrogen) atoms. The van der Waals surface area contributed by atoms with Crippen LogP contribution in [0.2, 0.25) is 0 Å². The molecule has 1 N–H and O–H groups in total. The summed E-state index contributed by atoms with van der Waals surface area (Å²) >= 11 is 0. The average Bonchev–Trinajstić information content (AvgIpc) is 3.40. The fraction of sp³-hybridized carbons (Fsp3) is 0.212.